The van der Waals surface area contributed by atoms with E-state index < -0.39 is 11.6 Å². The molecule has 0 N–H and O–H groups in total. The Morgan fingerprint density at radius 3 is 2.61 bits per heavy atom. The third-order valence-corrected chi connectivity index (χ3v) is 3.53. The van der Waals surface area contributed by atoms with Gasteiger partial charge in [-0.25, -0.2) is 4.39 Å². The minimum absolute atomic E-state index is 0.0288. The smallest absolute Gasteiger partial charge is 0.200 e. The molecule has 1 aromatic carbocycles. The number of rotatable bonds is 4. The Morgan fingerprint density at radius 2 is 1.89 bits per heavy atom. The molecule has 0 bridgehead atoms. The predicted molar refractivity (Wildman–Crippen MR) is 69.8 cm³/mol. The number of likely N-dealkylation sites (tertiary alicyclic amines) is 1. The van der Waals surface area contributed by atoms with E-state index in [0.29, 0.717) is 11.1 Å². The molecule has 0 aliphatic carbocycles. The van der Waals surface area contributed by atoms with Crippen molar-refractivity contribution in [3.8, 4) is 5.75 Å². The van der Waals surface area contributed by atoms with Gasteiger partial charge in [0.15, 0.2) is 11.6 Å². The highest BCUT2D eigenvalue weighted by atomic mass is 79.9. The molecular weight excluding hydrogens is 304 g/mol. The van der Waals surface area contributed by atoms with Gasteiger partial charge in [-0.05, 0) is 38.1 Å². The molecule has 2 nitrogen and oxygen atoms in total. The van der Waals surface area contributed by atoms with Crippen LogP contribution in [0.1, 0.15) is 19.3 Å². The van der Waals surface area contributed by atoms with E-state index in [4.69, 9.17) is 4.74 Å². The van der Waals surface area contributed by atoms with E-state index in [2.05, 4.69) is 20.8 Å². The summed E-state index contributed by atoms with van der Waals surface area (Å²) < 4.78 is 32.3. The Hall–Kier alpha value is -0.680. The molecule has 0 saturated carbocycles. The summed E-state index contributed by atoms with van der Waals surface area (Å²) in [4.78, 5) is 2.29. The average molecular weight is 320 g/mol. The molecule has 0 amide bonds. The Labute approximate surface area is 114 Å². The van der Waals surface area contributed by atoms with Crippen LogP contribution in [0, 0.1) is 11.6 Å². The van der Waals surface area contributed by atoms with Gasteiger partial charge in [-0.2, -0.15) is 4.39 Å². The van der Waals surface area contributed by atoms with E-state index in [0.717, 1.165) is 25.7 Å². The van der Waals surface area contributed by atoms with Gasteiger partial charge in [0.25, 0.3) is 0 Å². The molecule has 0 aromatic heterocycles. The summed E-state index contributed by atoms with van der Waals surface area (Å²) in [6.45, 7) is 3.28. The minimum Gasteiger partial charge on any atom is -0.489 e. The maximum absolute atomic E-state index is 13.4. The van der Waals surface area contributed by atoms with Gasteiger partial charge in [0.05, 0.1) is 0 Å². The monoisotopic (exact) mass is 319 g/mol. The molecule has 0 spiro atoms. The normalized spacial score (nSPS) is 16.8. The van der Waals surface area contributed by atoms with Crippen LogP contribution in [0.5, 0.6) is 5.75 Å². The number of halogens is 3. The van der Waals surface area contributed by atoms with Crippen LogP contribution in [0.2, 0.25) is 0 Å². The van der Waals surface area contributed by atoms with Crippen molar-refractivity contribution in [2.24, 2.45) is 0 Å². The van der Waals surface area contributed by atoms with Gasteiger partial charge in [-0.1, -0.05) is 22.4 Å². The number of hydrogen-bond donors (Lipinski definition) is 0. The third-order valence-electron chi connectivity index (χ3n) is 3.07. The second kappa shape index (κ2) is 6.48. The summed E-state index contributed by atoms with van der Waals surface area (Å²) >= 11 is 3.12. The lowest BCUT2D eigenvalue weighted by Gasteiger charge is -2.26. The minimum atomic E-state index is -0.920. The van der Waals surface area contributed by atoms with E-state index in [1.807, 2.05) is 0 Å². The van der Waals surface area contributed by atoms with Gasteiger partial charge in [0.2, 0.25) is 5.82 Å². The molecule has 5 heteroatoms. The molecule has 1 aliphatic rings. The molecule has 0 radical (unpaired) electrons. The van der Waals surface area contributed by atoms with Crippen molar-refractivity contribution in [2.45, 2.75) is 19.3 Å². The maximum atomic E-state index is 13.4. The largest absolute Gasteiger partial charge is 0.489 e. The van der Waals surface area contributed by atoms with E-state index >= 15 is 0 Å². The van der Waals surface area contributed by atoms with Gasteiger partial charge >= 0.3 is 0 Å². The van der Waals surface area contributed by atoms with Crippen LogP contribution in [0.15, 0.2) is 16.6 Å². The lowest BCUT2D eigenvalue weighted by molar-refractivity contribution is 0.179. The van der Waals surface area contributed by atoms with Crippen LogP contribution < -0.4 is 4.74 Å². The number of benzene rings is 1. The highest BCUT2D eigenvalue weighted by Gasteiger charge is 2.13. The van der Waals surface area contributed by atoms with Crippen molar-refractivity contribution in [3.63, 3.8) is 0 Å². The van der Waals surface area contributed by atoms with Crippen LogP contribution in [-0.4, -0.2) is 31.1 Å². The van der Waals surface area contributed by atoms with Crippen molar-refractivity contribution in [1.29, 1.82) is 0 Å². The summed E-state index contributed by atoms with van der Waals surface area (Å²) in [6, 6.07) is 2.54. The van der Waals surface area contributed by atoms with Gasteiger partial charge in [-0.3, -0.25) is 4.90 Å². The van der Waals surface area contributed by atoms with Gasteiger partial charge in [0.1, 0.15) is 6.61 Å². The number of piperidine rings is 1. The van der Waals surface area contributed by atoms with E-state index in [9.17, 15) is 8.78 Å². The zero-order chi connectivity index (χ0) is 13.0. The molecule has 1 aliphatic heterocycles. The van der Waals surface area contributed by atoms with Crippen molar-refractivity contribution >= 4 is 15.9 Å². The molecular formula is C13H16BrF2NO. The summed E-state index contributed by atoms with van der Waals surface area (Å²) in [5.41, 5.74) is 0. The second-order valence-electron chi connectivity index (χ2n) is 4.45. The Morgan fingerprint density at radius 1 is 1.17 bits per heavy atom. The Balaban J connectivity index is 1.86. The Bertz CT molecular complexity index is 408. The number of ether oxygens (including phenoxy) is 1. The molecule has 0 atom stereocenters. The number of nitrogens with zero attached hydrogens (tertiary/aromatic N) is 1. The molecule has 2 rings (SSSR count). The number of hydrogen-bond acceptors (Lipinski definition) is 2. The first-order chi connectivity index (χ1) is 8.66. The molecule has 1 fully saturated rings. The van der Waals surface area contributed by atoms with E-state index in [1.165, 1.54) is 25.3 Å². The van der Waals surface area contributed by atoms with Gasteiger partial charge < -0.3 is 4.74 Å². The van der Waals surface area contributed by atoms with Crippen LogP contribution in [-0.2, 0) is 0 Å². The van der Waals surface area contributed by atoms with Crippen molar-refractivity contribution in [2.75, 3.05) is 26.2 Å². The zero-order valence-corrected chi connectivity index (χ0v) is 11.7. The van der Waals surface area contributed by atoms with Crippen LogP contribution in [0.4, 0.5) is 8.78 Å². The van der Waals surface area contributed by atoms with Crippen LogP contribution in [0.3, 0.4) is 0 Å². The van der Waals surface area contributed by atoms with Gasteiger partial charge in [0, 0.05) is 11.0 Å². The lowest BCUT2D eigenvalue weighted by Crippen LogP contribution is -2.33. The fourth-order valence-corrected chi connectivity index (χ4v) is 2.51. The summed E-state index contributed by atoms with van der Waals surface area (Å²) in [7, 11) is 0. The second-order valence-corrected chi connectivity index (χ2v) is 5.37. The third kappa shape index (κ3) is 3.65. The highest BCUT2D eigenvalue weighted by molar-refractivity contribution is 9.10. The first kappa shape index (κ1) is 13.7. The van der Waals surface area contributed by atoms with Crippen LogP contribution in [0.25, 0.3) is 0 Å². The van der Waals surface area contributed by atoms with E-state index in [-0.39, 0.29) is 5.75 Å². The first-order valence-electron chi connectivity index (χ1n) is 6.16. The van der Waals surface area contributed by atoms with Crippen LogP contribution >= 0.6 is 15.9 Å². The predicted octanol–water partition coefficient (Wildman–Crippen LogP) is 3.59. The zero-order valence-electron chi connectivity index (χ0n) is 10.1. The van der Waals surface area contributed by atoms with E-state index in [1.54, 1.807) is 0 Å². The highest BCUT2D eigenvalue weighted by Crippen LogP contribution is 2.25. The fraction of sp³-hybridized carbons (Fsp3) is 0.538. The maximum Gasteiger partial charge on any atom is 0.200 e. The lowest BCUT2D eigenvalue weighted by atomic mass is 10.1. The standard InChI is InChI=1S/C13H16BrF2NO/c14-10-8-11(15)13(16)12(9-10)18-7-6-17-4-2-1-3-5-17/h8-9H,1-7H2. The molecule has 1 aromatic rings. The van der Waals surface area contributed by atoms with Crippen molar-refractivity contribution in [1.82, 2.24) is 4.90 Å². The molecule has 100 valence electrons. The molecule has 0 unspecified atom stereocenters. The average Bonchev–Trinajstić information content (AvgIpc) is 2.36. The topological polar surface area (TPSA) is 12.5 Å². The molecule has 1 heterocycles. The Kier molecular flexibility index (Phi) is 4.95. The first-order valence-corrected chi connectivity index (χ1v) is 6.96. The summed E-state index contributed by atoms with van der Waals surface area (Å²) in [6.07, 6.45) is 3.70. The van der Waals surface area contributed by atoms with Crippen molar-refractivity contribution in [3.05, 3.63) is 28.2 Å². The molecule has 1 saturated heterocycles. The SMILES string of the molecule is Fc1cc(Br)cc(OCCN2CCCCC2)c1F. The molecule has 18 heavy (non-hydrogen) atoms. The fourth-order valence-electron chi connectivity index (χ4n) is 2.11. The summed E-state index contributed by atoms with van der Waals surface area (Å²) in [5, 5.41) is 0. The quantitative estimate of drug-likeness (QED) is 0.786. The van der Waals surface area contributed by atoms with Crippen molar-refractivity contribution < 1.29 is 13.5 Å². The van der Waals surface area contributed by atoms with Gasteiger partial charge in [-0.15, -0.1) is 0 Å². The summed E-state index contributed by atoms with van der Waals surface area (Å²) in [5.74, 6) is -1.84.